The van der Waals surface area contributed by atoms with E-state index in [1.165, 1.54) is 23.1 Å². The second kappa shape index (κ2) is 4.25. The van der Waals surface area contributed by atoms with E-state index in [0.717, 1.165) is 17.8 Å². The molecule has 0 saturated heterocycles. The minimum atomic E-state index is -0.761. The van der Waals surface area contributed by atoms with Crippen LogP contribution in [0.1, 0.15) is 24.8 Å². The van der Waals surface area contributed by atoms with E-state index in [4.69, 9.17) is 0 Å². The van der Waals surface area contributed by atoms with E-state index < -0.39 is 4.93 Å². The number of thioether (sulfide) groups is 1. The summed E-state index contributed by atoms with van der Waals surface area (Å²) in [6, 6.07) is 0. The first kappa shape index (κ1) is 10.0. The van der Waals surface area contributed by atoms with Crippen molar-refractivity contribution in [1.29, 1.82) is 0 Å². The Morgan fingerprint density at radius 2 is 2.50 bits per heavy atom. The van der Waals surface area contributed by atoms with Crippen LogP contribution in [0.4, 0.5) is 0 Å². The summed E-state index contributed by atoms with van der Waals surface area (Å²) in [6.45, 7) is 2.06. The summed E-state index contributed by atoms with van der Waals surface area (Å²) >= 11 is 2.97. The molecule has 0 aliphatic heterocycles. The molecule has 1 rings (SSSR count). The summed E-state index contributed by atoms with van der Waals surface area (Å²) in [4.78, 5) is 3.36. The predicted octanol–water partition coefficient (Wildman–Crippen LogP) is 2.45. The standard InChI is InChI=1S/C8H13NOS2/c1-3-4-8(10,11-2)7-9-5-6-12-7/h5-6,10H,3-4H2,1-2H3/t8-/m1/s1. The molecule has 0 unspecified atom stereocenters. The fourth-order valence-corrected chi connectivity index (χ4v) is 2.74. The van der Waals surface area contributed by atoms with Gasteiger partial charge in [0.2, 0.25) is 0 Å². The van der Waals surface area contributed by atoms with E-state index in [-0.39, 0.29) is 0 Å². The van der Waals surface area contributed by atoms with Crippen molar-refractivity contribution < 1.29 is 5.11 Å². The van der Waals surface area contributed by atoms with Gasteiger partial charge in [-0.3, -0.25) is 0 Å². The lowest BCUT2D eigenvalue weighted by molar-refractivity contribution is 0.126. The molecule has 1 aromatic heterocycles. The number of thiazole rings is 1. The van der Waals surface area contributed by atoms with E-state index in [9.17, 15) is 5.11 Å². The largest absolute Gasteiger partial charge is 0.373 e. The first-order chi connectivity index (χ1) is 5.73. The zero-order valence-electron chi connectivity index (χ0n) is 7.28. The molecule has 0 aliphatic rings. The molecule has 0 aromatic carbocycles. The zero-order valence-corrected chi connectivity index (χ0v) is 8.91. The van der Waals surface area contributed by atoms with Gasteiger partial charge >= 0.3 is 0 Å². The average molecular weight is 203 g/mol. The van der Waals surface area contributed by atoms with Crippen molar-refractivity contribution in [3.8, 4) is 0 Å². The maximum absolute atomic E-state index is 10.1. The Balaban J connectivity index is 2.80. The molecular formula is C8H13NOS2. The van der Waals surface area contributed by atoms with E-state index >= 15 is 0 Å². The number of hydrogen-bond acceptors (Lipinski definition) is 4. The maximum atomic E-state index is 10.1. The van der Waals surface area contributed by atoms with E-state index in [1.807, 2.05) is 11.6 Å². The highest BCUT2D eigenvalue weighted by Gasteiger charge is 2.29. The van der Waals surface area contributed by atoms with Crippen molar-refractivity contribution in [2.75, 3.05) is 6.26 Å². The molecule has 1 N–H and O–H groups in total. The van der Waals surface area contributed by atoms with Crippen LogP contribution in [0.15, 0.2) is 11.6 Å². The van der Waals surface area contributed by atoms with Crippen LogP contribution in [0.2, 0.25) is 0 Å². The monoisotopic (exact) mass is 203 g/mol. The molecule has 1 heterocycles. The summed E-state index contributed by atoms with van der Waals surface area (Å²) < 4.78 is 0. The van der Waals surface area contributed by atoms with Crippen molar-refractivity contribution >= 4 is 23.1 Å². The van der Waals surface area contributed by atoms with Gasteiger partial charge in [0.15, 0.2) is 4.93 Å². The Morgan fingerprint density at radius 1 is 1.75 bits per heavy atom. The predicted molar refractivity (Wildman–Crippen MR) is 54.4 cm³/mol. The molecule has 0 spiro atoms. The van der Waals surface area contributed by atoms with Gasteiger partial charge in [0, 0.05) is 11.6 Å². The van der Waals surface area contributed by atoms with Gasteiger partial charge in [0.1, 0.15) is 5.01 Å². The number of aliphatic hydroxyl groups is 1. The normalized spacial score (nSPS) is 15.9. The van der Waals surface area contributed by atoms with E-state index in [0.29, 0.717) is 0 Å². The van der Waals surface area contributed by atoms with Crippen LogP contribution in [0.25, 0.3) is 0 Å². The molecule has 0 bridgehead atoms. The fraction of sp³-hybridized carbons (Fsp3) is 0.625. The van der Waals surface area contributed by atoms with Gasteiger partial charge in [-0.1, -0.05) is 13.3 Å². The highest BCUT2D eigenvalue weighted by Crippen LogP contribution is 2.37. The Kier molecular flexibility index (Phi) is 3.55. The maximum Gasteiger partial charge on any atom is 0.162 e. The molecule has 1 atom stereocenters. The first-order valence-electron chi connectivity index (χ1n) is 3.90. The quantitative estimate of drug-likeness (QED) is 0.763. The minimum absolute atomic E-state index is 0.761. The molecule has 2 nitrogen and oxygen atoms in total. The van der Waals surface area contributed by atoms with Crippen LogP contribution in [-0.4, -0.2) is 16.3 Å². The lowest BCUT2D eigenvalue weighted by Gasteiger charge is -2.22. The van der Waals surface area contributed by atoms with Crippen LogP contribution < -0.4 is 0 Å². The Hall–Kier alpha value is -0.0600. The Morgan fingerprint density at radius 3 is 2.92 bits per heavy atom. The highest BCUT2D eigenvalue weighted by molar-refractivity contribution is 7.99. The van der Waals surface area contributed by atoms with Crippen molar-refractivity contribution in [2.45, 2.75) is 24.7 Å². The Labute approximate surface area is 81.0 Å². The second-order valence-corrected chi connectivity index (χ2v) is 4.55. The van der Waals surface area contributed by atoms with E-state index in [2.05, 4.69) is 11.9 Å². The third-order valence-corrected chi connectivity index (χ3v) is 3.82. The first-order valence-corrected chi connectivity index (χ1v) is 6.01. The summed E-state index contributed by atoms with van der Waals surface area (Å²) in [7, 11) is 0. The molecule has 0 radical (unpaired) electrons. The number of aromatic nitrogens is 1. The van der Waals surface area contributed by atoms with Gasteiger partial charge in [-0.15, -0.1) is 23.1 Å². The van der Waals surface area contributed by atoms with Crippen LogP contribution in [0.3, 0.4) is 0 Å². The average Bonchev–Trinajstić information content (AvgIpc) is 2.57. The summed E-state index contributed by atoms with van der Waals surface area (Å²) in [5.74, 6) is 0. The highest BCUT2D eigenvalue weighted by atomic mass is 32.2. The number of nitrogens with zero attached hydrogens (tertiary/aromatic N) is 1. The molecule has 0 saturated carbocycles. The summed E-state index contributed by atoms with van der Waals surface area (Å²) in [5, 5.41) is 12.8. The topological polar surface area (TPSA) is 33.1 Å². The molecular weight excluding hydrogens is 190 g/mol. The van der Waals surface area contributed by atoms with Crippen molar-refractivity contribution in [3.63, 3.8) is 0 Å². The summed E-state index contributed by atoms with van der Waals surface area (Å²) in [6.07, 6.45) is 5.38. The van der Waals surface area contributed by atoms with Gasteiger partial charge in [-0.25, -0.2) is 4.98 Å². The number of rotatable bonds is 4. The molecule has 1 aromatic rings. The van der Waals surface area contributed by atoms with Crippen molar-refractivity contribution in [3.05, 3.63) is 16.6 Å². The lowest BCUT2D eigenvalue weighted by atomic mass is 10.2. The van der Waals surface area contributed by atoms with Gasteiger partial charge < -0.3 is 5.11 Å². The third kappa shape index (κ3) is 2.00. The third-order valence-electron chi connectivity index (χ3n) is 1.69. The van der Waals surface area contributed by atoms with Crippen molar-refractivity contribution in [1.82, 2.24) is 4.98 Å². The van der Waals surface area contributed by atoms with Gasteiger partial charge in [-0.2, -0.15) is 0 Å². The van der Waals surface area contributed by atoms with Crippen LogP contribution in [0.5, 0.6) is 0 Å². The molecule has 0 aliphatic carbocycles. The smallest absolute Gasteiger partial charge is 0.162 e. The van der Waals surface area contributed by atoms with Crippen LogP contribution in [-0.2, 0) is 4.93 Å². The zero-order chi connectivity index (χ0) is 9.03. The Bertz CT molecular complexity index is 225. The lowest BCUT2D eigenvalue weighted by Crippen LogP contribution is -2.19. The van der Waals surface area contributed by atoms with Crippen LogP contribution >= 0.6 is 23.1 Å². The molecule has 4 heteroatoms. The molecule has 68 valence electrons. The second-order valence-electron chi connectivity index (χ2n) is 2.58. The minimum Gasteiger partial charge on any atom is -0.373 e. The fourth-order valence-electron chi connectivity index (χ4n) is 1.05. The summed E-state index contributed by atoms with van der Waals surface area (Å²) in [5.41, 5.74) is 0. The van der Waals surface area contributed by atoms with Gasteiger partial charge in [-0.05, 0) is 12.7 Å². The van der Waals surface area contributed by atoms with Gasteiger partial charge in [0.05, 0.1) is 0 Å². The number of hydrogen-bond donors (Lipinski definition) is 1. The van der Waals surface area contributed by atoms with E-state index in [1.54, 1.807) is 6.20 Å². The molecule has 0 amide bonds. The SMILES string of the molecule is CCC[C@@](O)(SC)c1nccs1. The van der Waals surface area contributed by atoms with Crippen LogP contribution in [0, 0.1) is 0 Å². The molecule has 12 heavy (non-hydrogen) atoms. The van der Waals surface area contributed by atoms with Crippen molar-refractivity contribution in [2.24, 2.45) is 0 Å². The van der Waals surface area contributed by atoms with Gasteiger partial charge in [0.25, 0.3) is 0 Å². The molecule has 0 fully saturated rings.